The minimum absolute atomic E-state index is 0.0124. The molecule has 1 aromatic rings. The van der Waals surface area contributed by atoms with Gasteiger partial charge in [-0.15, -0.1) is 0 Å². The molecule has 0 saturated heterocycles. The van der Waals surface area contributed by atoms with Crippen LogP contribution in [-0.4, -0.2) is 48.5 Å². The number of nitrogens with zero attached hydrogens (tertiary/aromatic N) is 2. The van der Waals surface area contributed by atoms with Crippen molar-refractivity contribution in [2.75, 3.05) is 26.8 Å². The van der Waals surface area contributed by atoms with Crippen LogP contribution in [0.1, 0.15) is 24.2 Å². The van der Waals surface area contributed by atoms with Crippen LogP contribution in [0.25, 0.3) is 0 Å². The van der Waals surface area contributed by atoms with Gasteiger partial charge >= 0.3 is 0 Å². The van der Waals surface area contributed by atoms with Crippen molar-refractivity contribution < 1.29 is 14.5 Å². The molecule has 0 aromatic heterocycles. The number of carbonyl (C=O) groups is 1. The van der Waals surface area contributed by atoms with Crippen molar-refractivity contribution in [1.82, 2.24) is 4.90 Å². The molecule has 0 bridgehead atoms. The van der Waals surface area contributed by atoms with Crippen LogP contribution < -0.4 is 0 Å². The van der Waals surface area contributed by atoms with Gasteiger partial charge in [-0.2, -0.15) is 0 Å². The van der Waals surface area contributed by atoms with E-state index in [1.807, 2.05) is 18.7 Å². The Morgan fingerprint density at radius 1 is 1.35 bits per heavy atom. The standard InChI is InChI=1S/C14H20N2O4/c1-11(2)15(8-9-20-3)10-14(17)12-4-6-13(7-5-12)16(18)19/h4-7,11H,8-10H2,1-3H3. The van der Waals surface area contributed by atoms with E-state index in [1.54, 1.807) is 7.11 Å². The SMILES string of the molecule is COCCN(CC(=O)c1ccc([N+](=O)[O-])cc1)C(C)C. The normalized spacial score (nSPS) is 11.1. The highest BCUT2D eigenvalue weighted by Gasteiger charge is 2.16. The van der Waals surface area contributed by atoms with Gasteiger partial charge in [-0.3, -0.25) is 19.8 Å². The predicted octanol–water partition coefficient (Wildman–Crippen LogP) is 2.13. The van der Waals surface area contributed by atoms with E-state index in [0.29, 0.717) is 18.7 Å². The molecule has 0 spiro atoms. The van der Waals surface area contributed by atoms with Crippen LogP contribution in [-0.2, 0) is 4.74 Å². The van der Waals surface area contributed by atoms with Gasteiger partial charge in [0.15, 0.2) is 5.78 Å². The summed E-state index contributed by atoms with van der Waals surface area (Å²) < 4.78 is 5.02. The molecule has 0 unspecified atom stereocenters. The second kappa shape index (κ2) is 7.72. The van der Waals surface area contributed by atoms with Gasteiger partial charge in [0.25, 0.3) is 5.69 Å². The molecule has 0 amide bonds. The van der Waals surface area contributed by atoms with Crippen LogP contribution in [0.15, 0.2) is 24.3 Å². The first-order valence-electron chi connectivity index (χ1n) is 6.46. The highest BCUT2D eigenvalue weighted by Crippen LogP contribution is 2.13. The first-order chi connectivity index (χ1) is 9.45. The van der Waals surface area contributed by atoms with Gasteiger partial charge in [0, 0.05) is 37.4 Å². The maximum absolute atomic E-state index is 12.2. The van der Waals surface area contributed by atoms with Crippen LogP contribution in [0, 0.1) is 10.1 Å². The summed E-state index contributed by atoms with van der Waals surface area (Å²) >= 11 is 0. The fourth-order valence-corrected chi connectivity index (χ4v) is 1.77. The number of hydrogen-bond donors (Lipinski definition) is 0. The van der Waals surface area contributed by atoms with Crippen molar-refractivity contribution in [2.24, 2.45) is 0 Å². The fourth-order valence-electron chi connectivity index (χ4n) is 1.77. The average molecular weight is 280 g/mol. The molecule has 0 atom stereocenters. The minimum atomic E-state index is -0.479. The lowest BCUT2D eigenvalue weighted by Crippen LogP contribution is -2.38. The lowest BCUT2D eigenvalue weighted by molar-refractivity contribution is -0.384. The van der Waals surface area contributed by atoms with Gasteiger partial charge in [-0.05, 0) is 26.0 Å². The molecule has 6 heteroatoms. The molecule has 110 valence electrons. The highest BCUT2D eigenvalue weighted by molar-refractivity contribution is 5.97. The summed E-state index contributed by atoms with van der Waals surface area (Å²) in [5, 5.41) is 10.6. The Balaban J connectivity index is 2.70. The van der Waals surface area contributed by atoms with Crippen LogP contribution in [0.4, 0.5) is 5.69 Å². The van der Waals surface area contributed by atoms with E-state index in [9.17, 15) is 14.9 Å². The fraction of sp³-hybridized carbons (Fsp3) is 0.500. The Morgan fingerprint density at radius 3 is 2.40 bits per heavy atom. The molecule has 6 nitrogen and oxygen atoms in total. The van der Waals surface area contributed by atoms with Gasteiger partial charge in [-0.1, -0.05) is 0 Å². The van der Waals surface area contributed by atoms with Gasteiger partial charge in [0.1, 0.15) is 0 Å². The molecule has 0 N–H and O–H groups in total. The number of non-ortho nitro benzene ring substituents is 1. The van der Waals surface area contributed by atoms with E-state index < -0.39 is 4.92 Å². The van der Waals surface area contributed by atoms with E-state index in [1.165, 1.54) is 24.3 Å². The Hall–Kier alpha value is -1.79. The number of methoxy groups -OCH3 is 1. The molecular weight excluding hydrogens is 260 g/mol. The van der Waals surface area contributed by atoms with E-state index in [2.05, 4.69) is 0 Å². The third-order valence-corrected chi connectivity index (χ3v) is 3.06. The minimum Gasteiger partial charge on any atom is -0.383 e. The Morgan fingerprint density at radius 2 is 1.95 bits per heavy atom. The zero-order valence-corrected chi connectivity index (χ0v) is 12.0. The zero-order chi connectivity index (χ0) is 15.1. The van der Waals surface area contributed by atoms with Crippen molar-refractivity contribution in [3.63, 3.8) is 0 Å². The Labute approximate surface area is 118 Å². The third-order valence-electron chi connectivity index (χ3n) is 3.06. The monoisotopic (exact) mass is 280 g/mol. The molecule has 0 heterocycles. The molecular formula is C14H20N2O4. The van der Waals surface area contributed by atoms with Crippen molar-refractivity contribution in [3.05, 3.63) is 39.9 Å². The summed E-state index contributed by atoms with van der Waals surface area (Å²) in [6, 6.07) is 5.92. The third kappa shape index (κ3) is 4.71. The number of ketones is 1. The van der Waals surface area contributed by atoms with Gasteiger partial charge < -0.3 is 4.74 Å². The van der Waals surface area contributed by atoms with Crippen molar-refractivity contribution in [3.8, 4) is 0 Å². The molecule has 0 aliphatic carbocycles. The Kier molecular flexibility index (Phi) is 6.27. The number of ether oxygens (including phenoxy) is 1. The van der Waals surface area contributed by atoms with Gasteiger partial charge in [0.05, 0.1) is 18.1 Å². The smallest absolute Gasteiger partial charge is 0.269 e. The summed E-state index contributed by atoms with van der Waals surface area (Å²) in [5.74, 6) is -0.0512. The maximum Gasteiger partial charge on any atom is 0.269 e. The second-order valence-electron chi connectivity index (χ2n) is 4.78. The summed E-state index contributed by atoms with van der Waals surface area (Å²) in [4.78, 5) is 24.2. The lowest BCUT2D eigenvalue weighted by atomic mass is 10.1. The van der Waals surface area contributed by atoms with Gasteiger partial charge in [-0.25, -0.2) is 0 Å². The number of carbonyl (C=O) groups excluding carboxylic acids is 1. The molecule has 0 aliphatic heterocycles. The lowest BCUT2D eigenvalue weighted by Gasteiger charge is -2.25. The van der Waals surface area contributed by atoms with E-state index in [0.717, 1.165) is 0 Å². The molecule has 1 rings (SSSR count). The summed E-state index contributed by atoms with van der Waals surface area (Å²) in [7, 11) is 1.62. The predicted molar refractivity (Wildman–Crippen MR) is 76.0 cm³/mol. The zero-order valence-electron chi connectivity index (χ0n) is 12.0. The topological polar surface area (TPSA) is 72.7 Å². The number of Topliss-reactive ketones (excluding diaryl/α,β-unsaturated/α-hetero) is 1. The quantitative estimate of drug-likeness (QED) is 0.414. The number of nitro benzene ring substituents is 1. The first-order valence-corrected chi connectivity index (χ1v) is 6.46. The second-order valence-corrected chi connectivity index (χ2v) is 4.78. The van der Waals surface area contributed by atoms with Gasteiger partial charge in [0.2, 0.25) is 0 Å². The van der Waals surface area contributed by atoms with E-state index in [4.69, 9.17) is 4.74 Å². The number of nitro groups is 1. The largest absolute Gasteiger partial charge is 0.383 e. The number of benzene rings is 1. The molecule has 20 heavy (non-hydrogen) atoms. The van der Waals surface area contributed by atoms with Crippen LogP contribution in [0.2, 0.25) is 0 Å². The summed E-state index contributed by atoms with van der Waals surface area (Å²) in [6.45, 7) is 5.54. The van der Waals surface area contributed by atoms with Crippen LogP contribution in [0.3, 0.4) is 0 Å². The molecule has 1 aromatic carbocycles. The summed E-state index contributed by atoms with van der Waals surface area (Å²) in [5.41, 5.74) is 0.473. The van der Waals surface area contributed by atoms with Crippen molar-refractivity contribution in [2.45, 2.75) is 19.9 Å². The van der Waals surface area contributed by atoms with Crippen LogP contribution >= 0.6 is 0 Å². The molecule has 0 radical (unpaired) electrons. The highest BCUT2D eigenvalue weighted by atomic mass is 16.6. The Bertz CT molecular complexity index is 457. The number of hydrogen-bond acceptors (Lipinski definition) is 5. The van der Waals surface area contributed by atoms with Crippen LogP contribution in [0.5, 0.6) is 0 Å². The van der Waals surface area contributed by atoms with Crippen molar-refractivity contribution in [1.29, 1.82) is 0 Å². The molecule has 0 fully saturated rings. The van der Waals surface area contributed by atoms with Crippen molar-refractivity contribution >= 4 is 11.5 Å². The van der Waals surface area contributed by atoms with E-state index >= 15 is 0 Å². The van der Waals surface area contributed by atoms with E-state index in [-0.39, 0.29) is 24.1 Å². The maximum atomic E-state index is 12.2. The number of rotatable bonds is 8. The first kappa shape index (κ1) is 16.3. The summed E-state index contributed by atoms with van der Waals surface area (Å²) in [6.07, 6.45) is 0. The molecule has 0 aliphatic rings. The average Bonchev–Trinajstić information content (AvgIpc) is 2.42. The molecule has 0 saturated carbocycles.